The molecular weight excluding hydrogens is 393 g/mol. The molecule has 0 saturated carbocycles. The molecule has 1 aliphatic rings. The fourth-order valence-electron chi connectivity index (χ4n) is 2.93. The highest BCUT2D eigenvalue weighted by Gasteiger charge is 2.35. The van der Waals surface area contributed by atoms with E-state index in [2.05, 4.69) is 5.32 Å². The van der Waals surface area contributed by atoms with E-state index in [0.717, 1.165) is 0 Å². The number of benzene rings is 2. The van der Waals surface area contributed by atoms with Crippen molar-refractivity contribution in [3.05, 3.63) is 65.2 Å². The number of hydrogen-bond acceptors (Lipinski definition) is 3. The van der Waals surface area contributed by atoms with Crippen molar-refractivity contribution in [3.8, 4) is 0 Å². The summed E-state index contributed by atoms with van der Waals surface area (Å²) in [5.74, 6) is -0.882. The number of hydrogen-bond donors (Lipinski definition) is 1. The molecule has 8 heteroatoms. The Bertz CT molecular complexity index is 863. The van der Waals surface area contributed by atoms with Crippen LogP contribution in [-0.2, 0) is 9.53 Å². The van der Waals surface area contributed by atoms with Gasteiger partial charge in [0.05, 0.1) is 30.2 Å². The van der Waals surface area contributed by atoms with Crippen molar-refractivity contribution in [1.82, 2.24) is 0 Å². The molecule has 0 spiro atoms. The van der Waals surface area contributed by atoms with Crippen LogP contribution in [0.25, 0.3) is 5.57 Å². The third-order valence-corrected chi connectivity index (χ3v) is 4.47. The summed E-state index contributed by atoms with van der Waals surface area (Å²) in [6, 6.07) is 12.1. The van der Waals surface area contributed by atoms with Crippen LogP contribution in [0.5, 0.6) is 0 Å². The number of alkyl halides is 3. The van der Waals surface area contributed by atoms with Gasteiger partial charge in [-0.3, -0.25) is 4.79 Å². The van der Waals surface area contributed by atoms with Crippen molar-refractivity contribution in [3.63, 3.8) is 0 Å². The Labute approximate surface area is 165 Å². The molecule has 4 nitrogen and oxygen atoms in total. The number of anilines is 2. The molecule has 1 aliphatic heterocycles. The second-order valence-corrected chi connectivity index (χ2v) is 6.61. The zero-order chi connectivity index (χ0) is 20.1. The predicted molar refractivity (Wildman–Crippen MR) is 104 cm³/mol. The third-order valence-electron chi connectivity index (χ3n) is 4.23. The first kappa shape index (κ1) is 20.2. The summed E-state index contributed by atoms with van der Waals surface area (Å²) in [7, 11) is 0. The van der Waals surface area contributed by atoms with Gasteiger partial charge in [0.25, 0.3) is 0 Å². The number of ether oxygens (including phenoxy) is 1. The van der Waals surface area contributed by atoms with Crippen LogP contribution in [0.3, 0.4) is 0 Å². The highest BCUT2D eigenvalue weighted by Crippen LogP contribution is 2.34. The average molecular weight is 411 g/mol. The van der Waals surface area contributed by atoms with Gasteiger partial charge in [0.1, 0.15) is 0 Å². The van der Waals surface area contributed by atoms with Crippen LogP contribution in [0.2, 0.25) is 5.02 Å². The van der Waals surface area contributed by atoms with E-state index in [1.165, 1.54) is 30.3 Å². The van der Waals surface area contributed by atoms with E-state index in [1.54, 1.807) is 18.2 Å². The standard InChI is InChI=1S/C20H18ClF3N2O2/c21-15-6-7-18(26-8-10-28-11-9-26)17(12-15)25-19(27)13-16(20(22,23)24)14-4-2-1-3-5-14/h1-7,12-13H,8-11H2,(H,25,27)/b16-13-. The number of allylic oxidation sites excluding steroid dienone is 1. The highest BCUT2D eigenvalue weighted by molar-refractivity contribution is 6.31. The summed E-state index contributed by atoms with van der Waals surface area (Å²) in [6.45, 7) is 2.28. The van der Waals surface area contributed by atoms with Crippen molar-refractivity contribution in [2.75, 3.05) is 36.5 Å². The van der Waals surface area contributed by atoms with Crippen molar-refractivity contribution in [2.45, 2.75) is 6.18 Å². The lowest BCUT2D eigenvalue weighted by atomic mass is 10.1. The smallest absolute Gasteiger partial charge is 0.378 e. The molecule has 0 radical (unpaired) electrons. The van der Waals surface area contributed by atoms with Gasteiger partial charge >= 0.3 is 6.18 Å². The molecule has 0 aliphatic carbocycles. The molecule has 0 atom stereocenters. The number of morpholine rings is 1. The predicted octanol–water partition coefficient (Wildman–Crippen LogP) is 4.76. The topological polar surface area (TPSA) is 41.6 Å². The molecule has 3 rings (SSSR count). The maximum atomic E-state index is 13.4. The normalized spacial score (nSPS) is 15.4. The zero-order valence-corrected chi connectivity index (χ0v) is 15.6. The van der Waals surface area contributed by atoms with Crippen molar-refractivity contribution in [2.24, 2.45) is 0 Å². The Morgan fingerprint density at radius 3 is 2.43 bits per heavy atom. The third kappa shape index (κ3) is 5.05. The number of rotatable bonds is 4. The molecule has 148 valence electrons. The minimum atomic E-state index is -4.67. The monoisotopic (exact) mass is 410 g/mol. The zero-order valence-electron chi connectivity index (χ0n) is 14.8. The van der Waals surface area contributed by atoms with Crippen LogP contribution in [0, 0.1) is 0 Å². The van der Waals surface area contributed by atoms with Crippen molar-refractivity contribution < 1.29 is 22.7 Å². The van der Waals surface area contributed by atoms with Gasteiger partial charge in [-0.15, -0.1) is 0 Å². The minimum absolute atomic E-state index is 0.0790. The molecule has 1 amide bonds. The second kappa shape index (κ2) is 8.67. The van der Waals surface area contributed by atoms with E-state index < -0.39 is 17.7 Å². The molecule has 0 unspecified atom stereocenters. The lowest BCUT2D eigenvalue weighted by molar-refractivity contribution is -0.112. The Balaban J connectivity index is 1.89. The quantitative estimate of drug-likeness (QED) is 0.739. The number of amides is 1. The van der Waals surface area contributed by atoms with Crippen LogP contribution in [-0.4, -0.2) is 38.4 Å². The fourth-order valence-corrected chi connectivity index (χ4v) is 3.11. The molecule has 1 fully saturated rings. The van der Waals surface area contributed by atoms with Crippen LogP contribution >= 0.6 is 11.6 Å². The summed E-state index contributed by atoms with van der Waals surface area (Å²) in [5.41, 5.74) is -0.0573. The van der Waals surface area contributed by atoms with E-state index in [1.807, 2.05) is 4.90 Å². The molecule has 1 heterocycles. The van der Waals surface area contributed by atoms with Crippen LogP contribution in [0.1, 0.15) is 5.56 Å². The molecule has 2 aromatic rings. The van der Waals surface area contributed by atoms with Crippen molar-refractivity contribution in [1.29, 1.82) is 0 Å². The lowest BCUT2D eigenvalue weighted by Crippen LogP contribution is -2.36. The molecular formula is C20H18ClF3N2O2. The van der Waals surface area contributed by atoms with Gasteiger partial charge in [0.15, 0.2) is 0 Å². The van der Waals surface area contributed by atoms with Crippen LogP contribution < -0.4 is 10.2 Å². The number of halogens is 4. The van der Waals surface area contributed by atoms with Gasteiger partial charge in [-0.2, -0.15) is 13.2 Å². The molecule has 0 aromatic heterocycles. The van der Waals surface area contributed by atoms with Gasteiger partial charge in [-0.1, -0.05) is 41.9 Å². The Hall–Kier alpha value is -2.51. The molecule has 28 heavy (non-hydrogen) atoms. The highest BCUT2D eigenvalue weighted by atomic mass is 35.5. The first-order chi connectivity index (χ1) is 13.3. The summed E-state index contributed by atoms with van der Waals surface area (Å²) in [5, 5.41) is 2.91. The average Bonchev–Trinajstić information content (AvgIpc) is 2.67. The molecule has 2 aromatic carbocycles. The fraction of sp³-hybridized carbons (Fsp3) is 0.250. The number of carbonyl (C=O) groups is 1. The molecule has 0 bridgehead atoms. The van der Waals surface area contributed by atoms with E-state index in [9.17, 15) is 18.0 Å². The number of nitrogens with one attached hydrogen (secondary N) is 1. The van der Waals surface area contributed by atoms with E-state index in [-0.39, 0.29) is 5.56 Å². The second-order valence-electron chi connectivity index (χ2n) is 6.17. The van der Waals surface area contributed by atoms with E-state index in [4.69, 9.17) is 16.3 Å². The van der Waals surface area contributed by atoms with Gasteiger partial charge in [0.2, 0.25) is 5.91 Å². The summed E-state index contributed by atoms with van der Waals surface area (Å²) in [4.78, 5) is 14.4. The summed E-state index contributed by atoms with van der Waals surface area (Å²) >= 11 is 6.02. The maximum absolute atomic E-state index is 13.4. The largest absolute Gasteiger partial charge is 0.417 e. The first-order valence-corrected chi connectivity index (χ1v) is 9.00. The number of carbonyl (C=O) groups excluding carboxylic acids is 1. The maximum Gasteiger partial charge on any atom is 0.417 e. The van der Waals surface area contributed by atoms with Crippen molar-refractivity contribution >= 4 is 34.5 Å². The Kier molecular flexibility index (Phi) is 6.26. The Morgan fingerprint density at radius 1 is 1.11 bits per heavy atom. The van der Waals surface area contributed by atoms with E-state index >= 15 is 0 Å². The Morgan fingerprint density at radius 2 is 1.79 bits per heavy atom. The number of nitrogens with zero attached hydrogens (tertiary/aromatic N) is 1. The van der Waals surface area contributed by atoms with Gasteiger partial charge in [-0.05, 0) is 23.8 Å². The van der Waals surface area contributed by atoms with Gasteiger partial charge in [0, 0.05) is 24.2 Å². The first-order valence-electron chi connectivity index (χ1n) is 8.62. The SMILES string of the molecule is O=C(/C=C(/c1ccccc1)C(F)(F)F)Nc1cc(Cl)ccc1N1CCOCC1. The van der Waals surface area contributed by atoms with Crippen LogP contribution in [0.4, 0.5) is 24.5 Å². The summed E-state index contributed by atoms with van der Waals surface area (Å²) in [6.07, 6.45) is -4.10. The minimum Gasteiger partial charge on any atom is -0.378 e. The van der Waals surface area contributed by atoms with Gasteiger partial charge in [-0.25, -0.2) is 0 Å². The molecule has 1 N–H and O–H groups in total. The lowest BCUT2D eigenvalue weighted by Gasteiger charge is -2.30. The van der Waals surface area contributed by atoms with E-state index in [0.29, 0.717) is 48.8 Å². The van der Waals surface area contributed by atoms with Gasteiger partial charge < -0.3 is 15.0 Å². The van der Waals surface area contributed by atoms with Crippen LogP contribution in [0.15, 0.2) is 54.6 Å². The summed E-state index contributed by atoms with van der Waals surface area (Å²) < 4.78 is 45.7. The molecule has 1 saturated heterocycles.